The van der Waals surface area contributed by atoms with Crippen molar-refractivity contribution in [1.29, 1.82) is 0 Å². The smallest absolute Gasteiger partial charge is 0.336 e. The lowest BCUT2D eigenvalue weighted by molar-refractivity contribution is -0.165. The summed E-state index contributed by atoms with van der Waals surface area (Å²) in [5.41, 5.74) is -2.05. The van der Waals surface area contributed by atoms with E-state index >= 15 is 0 Å². The average Bonchev–Trinajstić information content (AvgIpc) is 3.18. The quantitative estimate of drug-likeness (QED) is 0.675. The lowest BCUT2D eigenvalue weighted by Gasteiger charge is -2.41. The molecule has 7 nitrogen and oxygen atoms in total. The maximum atomic E-state index is 12.8. The Balaban J connectivity index is 1.88. The third-order valence-corrected chi connectivity index (χ3v) is 6.51. The van der Waals surface area contributed by atoms with Crippen LogP contribution in [-0.2, 0) is 23.9 Å². The van der Waals surface area contributed by atoms with Crippen molar-refractivity contribution in [3.63, 3.8) is 0 Å². The summed E-state index contributed by atoms with van der Waals surface area (Å²) in [7, 11) is 0. The maximum Gasteiger partial charge on any atom is 0.336 e. The molecule has 4 aliphatic rings. The van der Waals surface area contributed by atoms with Gasteiger partial charge < -0.3 is 9.47 Å². The molecular formula is C18H22N2O5. The van der Waals surface area contributed by atoms with Gasteiger partial charge in [0.25, 0.3) is 0 Å². The molecule has 0 aromatic heterocycles. The van der Waals surface area contributed by atoms with Gasteiger partial charge in [0.15, 0.2) is 11.3 Å². The second-order valence-electron chi connectivity index (χ2n) is 7.88. The molecule has 134 valence electrons. The molecular weight excluding hydrogens is 324 g/mol. The molecule has 4 rings (SSSR count). The number of fused-ring (bicyclic) bond motifs is 3. The van der Waals surface area contributed by atoms with Crippen molar-refractivity contribution in [3.05, 3.63) is 12.2 Å². The molecule has 0 bridgehead atoms. The molecule has 0 unspecified atom stereocenters. The number of azo groups is 1. The summed E-state index contributed by atoms with van der Waals surface area (Å²) in [6, 6.07) is 0. The van der Waals surface area contributed by atoms with Crippen LogP contribution in [-0.4, -0.2) is 42.0 Å². The highest BCUT2D eigenvalue weighted by molar-refractivity contribution is 5.98. The summed E-state index contributed by atoms with van der Waals surface area (Å²) < 4.78 is 11.4. The fraction of sp³-hybridized carbons (Fsp3) is 0.722. The zero-order valence-corrected chi connectivity index (χ0v) is 14.6. The fourth-order valence-electron chi connectivity index (χ4n) is 5.33. The minimum atomic E-state index is -1.13. The van der Waals surface area contributed by atoms with Crippen LogP contribution < -0.4 is 0 Å². The largest absolute Gasteiger partial charge is 0.461 e. The molecule has 2 aliphatic heterocycles. The van der Waals surface area contributed by atoms with Crippen LogP contribution in [0.25, 0.3) is 0 Å². The van der Waals surface area contributed by atoms with Gasteiger partial charge in [0.05, 0.1) is 17.9 Å². The Labute approximate surface area is 145 Å². The highest BCUT2D eigenvalue weighted by atomic mass is 16.6. The van der Waals surface area contributed by atoms with Crippen molar-refractivity contribution in [3.8, 4) is 0 Å². The van der Waals surface area contributed by atoms with Gasteiger partial charge in [-0.15, -0.1) is 0 Å². The number of nitrogens with zero attached hydrogens (tertiary/aromatic N) is 2. The number of rotatable bonds is 1. The second-order valence-corrected chi connectivity index (χ2v) is 7.88. The summed E-state index contributed by atoms with van der Waals surface area (Å²) in [4.78, 5) is 37.4. The summed E-state index contributed by atoms with van der Waals surface area (Å²) in [6.45, 7) is 5.66. The maximum absolute atomic E-state index is 12.8. The Morgan fingerprint density at radius 2 is 2.16 bits per heavy atom. The predicted molar refractivity (Wildman–Crippen MR) is 85.5 cm³/mol. The van der Waals surface area contributed by atoms with Crippen LogP contribution in [0.2, 0.25) is 0 Å². The van der Waals surface area contributed by atoms with Gasteiger partial charge in [-0.2, -0.15) is 10.2 Å². The Hall–Kier alpha value is -2.05. The van der Waals surface area contributed by atoms with E-state index in [9.17, 15) is 14.4 Å². The van der Waals surface area contributed by atoms with Gasteiger partial charge in [0.2, 0.25) is 0 Å². The van der Waals surface area contributed by atoms with E-state index in [0.717, 1.165) is 0 Å². The zero-order valence-electron chi connectivity index (χ0n) is 14.6. The topological polar surface area (TPSA) is 94.4 Å². The number of ketones is 1. The molecule has 0 amide bonds. The standard InChI is InChI=1S/C18H22N2O5/c1-9-8-12-14(18(16(23)25-12)6-7-19-20-18)15(24-10(2)21)17(3)11(9)4-5-13(17)22/h4-5,9,11-12,14-15H,6-8H2,1-3H3/t9-,11+,12+,14-,15-,17+,18-/m1/s1. The number of carbonyl (C=O) groups excluding carboxylic acids is 3. The molecule has 1 saturated carbocycles. The van der Waals surface area contributed by atoms with E-state index < -0.39 is 41.0 Å². The van der Waals surface area contributed by atoms with Crippen molar-refractivity contribution in [2.75, 3.05) is 6.54 Å². The van der Waals surface area contributed by atoms with Crippen molar-refractivity contribution in [1.82, 2.24) is 0 Å². The number of carbonyl (C=O) groups is 3. The minimum absolute atomic E-state index is 0.0657. The minimum Gasteiger partial charge on any atom is -0.461 e. The van der Waals surface area contributed by atoms with Gasteiger partial charge >= 0.3 is 11.9 Å². The van der Waals surface area contributed by atoms with Gasteiger partial charge in [-0.3, -0.25) is 9.59 Å². The van der Waals surface area contributed by atoms with Gasteiger partial charge in [0.1, 0.15) is 12.2 Å². The SMILES string of the molecule is CC(=O)O[C@@H]1[C@H]2[C@H](C[C@@H](C)[C@@H]3C=CC(=O)[C@@]13C)OC(=O)[C@@]21CCN=N1. The van der Waals surface area contributed by atoms with E-state index in [2.05, 4.69) is 10.2 Å². The first-order valence-corrected chi connectivity index (χ1v) is 8.80. The molecule has 1 saturated heterocycles. The first-order valence-electron chi connectivity index (χ1n) is 8.80. The number of hydrogen-bond acceptors (Lipinski definition) is 7. The zero-order chi connectivity index (χ0) is 18.0. The molecule has 0 N–H and O–H groups in total. The van der Waals surface area contributed by atoms with Crippen LogP contribution in [0.1, 0.15) is 33.6 Å². The Bertz CT molecular complexity index is 716. The van der Waals surface area contributed by atoms with Gasteiger partial charge in [-0.25, -0.2) is 4.79 Å². The normalized spacial score (nSPS) is 47.6. The highest BCUT2D eigenvalue weighted by Crippen LogP contribution is 2.57. The molecule has 2 fully saturated rings. The average molecular weight is 346 g/mol. The first-order chi connectivity index (χ1) is 11.8. The van der Waals surface area contributed by atoms with E-state index in [-0.39, 0.29) is 17.6 Å². The molecule has 2 heterocycles. The third-order valence-electron chi connectivity index (χ3n) is 6.51. The molecule has 0 radical (unpaired) electrons. The lowest BCUT2D eigenvalue weighted by Crippen LogP contribution is -2.55. The molecule has 25 heavy (non-hydrogen) atoms. The number of hydrogen-bond donors (Lipinski definition) is 0. The number of ether oxygens (including phenoxy) is 2. The summed E-state index contributed by atoms with van der Waals surface area (Å²) in [5.74, 6) is -1.39. The van der Waals surface area contributed by atoms with Gasteiger partial charge in [-0.05, 0) is 31.3 Å². The lowest BCUT2D eigenvalue weighted by atomic mass is 9.64. The summed E-state index contributed by atoms with van der Waals surface area (Å²) in [5, 5.41) is 8.29. The molecule has 7 atom stereocenters. The van der Waals surface area contributed by atoms with Crippen LogP contribution in [0.15, 0.2) is 22.4 Å². The van der Waals surface area contributed by atoms with Crippen LogP contribution in [0.3, 0.4) is 0 Å². The number of allylic oxidation sites excluding steroid dienone is 2. The van der Waals surface area contributed by atoms with E-state index in [1.165, 1.54) is 6.92 Å². The van der Waals surface area contributed by atoms with Crippen molar-refractivity contribution in [2.24, 2.45) is 33.4 Å². The predicted octanol–water partition coefficient (Wildman–Crippen LogP) is 1.86. The Morgan fingerprint density at radius 1 is 1.40 bits per heavy atom. The van der Waals surface area contributed by atoms with E-state index in [1.807, 2.05) is 19.9 Å². The molecule has 1 spiro atoms. The van der Waals surface area contributed by atoms with Gasteiger partial charge in [0, 0.05) is 13.3 Å². The van der Waals surface area contributed by atoms with E-state index in [4.69, 9.17) is 9.47 Å². The van der Waals surface area contributed by atoms with E-state index in [1.54, 1.807) is 6.08 Å². The van der Waals surface area contributed by atoms with Crippen LogP contribution in [0.5, 0.6) is 0 Å². The second kappa shape index (κ2) is 5.22. The summed E-state index contributed by atoms with van der Waals surface area (Å²) in [6.07, 6.45) is 3.35. The van der Waals surface area contributed by atoms with Crippen molar-refractivity contribution >= 4 is 17.7 Å². The molecule has 2 aliphatic carbocycles. The Morgan fingerprint density at radius 3 is 2.80 bits per heavy atom. The third kappa shape index (κ3) is 2.01. The van der Waals surface area contributed by atoms with Crippen LogP contribution >= 0.6 is 0 Å². The molecule has 0 aromatic carbocycles. The monoisotopic (exact) mass is 346 g/mol. The number of esters is 2. The van der Waals surface area contributed by atoms with E-state index in [0.29, 0.717) is 19.4 Å². The van der Waals surface area contributed by atoms with Crippen LogP contribution in [0, 0.1) is 23.2 Å². The Kier molecular flexibility index (Phi) is 3.43. The highest BCUT2D eigenvalue weighted by Gasteiger charge is 2.70. The first kappa shape index (κ1) is 16.4. The van der Waals surface area contributed by atoms with Gasteiger partial charge in [-0.1, -0.05) is 13.0 Å². The van der Waals surface area contributed by atoms with Crippen molar-refractivity contribution < 1.29 is 23.9 Å². The fourth-order valence-corrected chi connectivity index (χ4v) is 5.33. The summed E-state index contributed by atoms with van der Waals surface area (Å²) >= 11 is 0. The van der Waals surface area contributed by atoms with Crippen molar-refractivity contribution in [2.45, 2.75) is 51.4 Å². The molecule has 7 heteroatoms. The molecule has 0 aromatic rings. The van der Waals surface area contributed by atoms with Crippen LogP contribution in [0.4, 0.5) is 0 Å².